The molecule has 0 unspecified atom stereocenters. The van der Waals surface area contributed by atoms with Crippen molar-refractivity contribution in [3.05, 3.63) is 101 Å². The van der Waals surface area contributed by atoms with Crippen LogP contribution in [0.3, 0.4) is 0 Å². The molecule has 0 bridgehead atoms. The van der Waals surface area contributed by atoms with Crippen molar-refractivity contribution < 1.29 is 9.59 Å². The summed E-state index contributed by atoms with van der Waals surface area (Å²) in [6, 6.07) is 25.5. The van der Waals surface area contributed by atoms with Crippen molar-refractivity contribution in [2.45, 2.75) is 13.0 Å². The maximum Gasteiger partial charge on any atom is 0.256 e. The zero-order valence-electron chi connectivity index (χ0n) is 22.1. The third-order valence-corrected chi connectivity index (χ3v) is 7.62. The van der Waals surface area contributed by atoms with Crippen LogP contribution in [0.2, 0.25) is 0 Å². The molecule has 1 aromatic heterocycles. The van der Waals surface area contributed by atoms with Crippen molar-refractivity contribution in [1.29, 1.82) is 0 Å². The molecule has 0 spiro atoms. The highest BCUT2D eigenvalue weighted by Crippen LogP contribution is 2.27. The van der Waals surface area contributed by atoms with Gasteiger partial charge in [0.2, 0.25) is 0 Å². The summed E-state index contributed by atoms with van der Waals surface area (Å²) >= 11 is 0. The van der Waals surface area contributed by atoms with Gasteiger partial charge in [0.1, 0.15) is 0 Å². The van der Waals surface area contributed by atoms with Crippen molar-refractivity contribution >= 4 is 23.3 Å². The number of hydrogen-bond acceptors (Lipinski definition) is 5. The molecule has 1 saturated heterocycles. The minimum absolute atomic E-state index is 0.0582. The molecule has 2 amide bonds. The number of nitrogens with zero attached hydrogens (tertiary/aromatic N) is 4. The molecule has 2 aliphatic rings. The summed E-state index contributed by atoms with van der Waals surface area (Å²) < 4.78 is 0. The number of aromatic amines is 1. The zero-order valence-corrected chi connectivity index (χ0v) is 22.1. The average Bonchev–Trinajstić information content (AvgIpc) is 3.44. The van der Waals surface area contributed by atoms with Crippen molar-refractivity contribution in [2.24, 2.45) is 0 Å². The second kappa shape index (κ2) is 10.7. The van der Waals surface area contributed by atoms with E-state index in [9.17, 15) is 9.59 Å². The first-order valence-electron chi connectivity index (χ1n) is 13.4. The number of carbonyl (C=O) groups excluding carboxylic acids is 2. The maximum atomic E-state index is 13.1. The van der Waals surface area contributed by atoms with E-state index in [4.69, 9.17) is 0 Å². The number of amides is 2. The molecule has 8 nitrogen and oxygen atoms in total. The molecule has 3 aromatic carbocycles. The number of aromatic nitrogens is 2. The van der Waals surface area contributed by atoms with Gasteiger partial charge in [-0.2, -0.15) is 5.10 Å². The monoisotopic (exact) mass is 520 g/mol. The Morgan fingerprint density at radius 2 is 1.69 bits per heavy atom. The van der Waals surface area contributed by atoms with Gasteiger partial charge in [-0.25, -0.2) is 0 Å². The van der Waals surface area contributed by atoms with Gasteiger partial charge in [-0.05, 0) is 66.6 Å². The van der Waals surface area contributed by atoms with Crippen molar-refractivity contribution in [1.82, 2.24) is 20.0 Å². The number of H-pyrrole nitrogens is 1. The Labute approximate surface area is 228 Å². The van der Waals surface area contributed by atoms with E-state index in [0.717, 1.165) is 66.2 Å². The van der Waals surface area contributed by atoms with Crippen LogP contribution in [0.1, 0.15) is 31.8 Å². The Kier molecular flexibility index (Phi) is 6.85. The van der Waals surface area contributed by atoms with E-state index in [0.29, 0.717) is 24.5 Å². The second-order valence-electron chi connectivity index (χ2n) is 10.3. The van der Waals surface area contributed by atoms with Crippen LogP contribution in [0.4, 0.5) is 11.5 Å². The number of hydrogen-bond donors (Lipinski definition) is 2. The lowest BCUT2D eigenvalue weighted by Gasteiger charge is -2.34. The van der Waals surface area contributed by atoms with Crippen LogP contribution in [0.15, 0.2) is 78.9 Å². The van der Waals surface area contributed by atoms with Crippen molar-refractivity contribution in [2.75, 3.05) is 50.0 Å². The Hall–Kier alpha value is -4.43. The third-order valence-electron chi connectivity index (χ3n) is 7.62. The number of piperazine rings is 1. The van der Waals surface area contributed by atoms with Crippen LogP contribution >= 0.6 is 0 Å². The van der Waals surface area contributed by atoms with Gasteiger partial charge in [0.15, 0.2) is 5.82 Å². The number of fused-ring (bicyclic) bond motifs is 1. The third kappa shape index (κ3) is 5.42. The summed E-state index contributed by atoms with van der Waals surface area (Å²) in [5, 5.41) is 10.2. The SMILES string of the molecule is CN1CCN(c2ccc(C(=O)Nc3cc(-c4ccc5c(c4)CCN(Cc4ccccc4)C5=O)[nH]n3)cc2)CC1. The van der Waals surface area contributed by atoms with Gasteiger partial charge in [0.25, 0.3) is 11.8 Å². The minimum atomic E-state index is -0.201. The van der Waals surface area contributed by atoms with Crippen molar-refractivity contribution in [3.8, 4) is 11.3 Å². The molecule has 0 atom stereocenters. The van der Waals surface area contributed by atoms with E-state index in [1.807, 2.05) is 83.8 Å². The molecule has 198 valence electrons. The summed E-state index contributed by atoms with van der Waals surface area (Å²) in [5.41, 5.74) is 6.35. The lowest BCUT2D eigenvalue weighted by molar-refractivity contribution is 0.0727. The van der Waals surface area contributed by atoms with E-state index in [1.54, 1.807) is 0 Å². The van der Waals surface area contributed by atoms with Crippen LogP contribution < -0.4 is 10.2 Å². The molecular weight excluding hydrogens is 488 g/mol. The zero-order chi connectivity index (χ0) is 26.8. The summed E-state index contributed by atoms with van der Waals surface area (Å²) in [5.74, 6) is 0.316. The molecule has 1 fully saturated rings. The highest BCUT2D eigenvalue weighted by atomic mass is 16.2. The van der Waals surface area contributed by atoms with E-state index in [2.05, 4.69) is 32.4 Å². The fourth-order valence-electron chi connectivity index (χ4n) is 5.27. The van der Waals surface area contributed by atoms with E-state index < -0.39 is 0 Å². The molecule has 0 aliphatic carbocycles. The molecule has 8 heteroatoms. The van der Waals surface area contributed by atoms with Gasteiger partial charge in [0.05, 0.1) is 5.69 Å². The highest BCUT2D eigenvalue weighted by Gasteiger charge is 2.25. The fraction of sp³-hybridized carbons (Fsp3) is 0.258. The second-order valence-corrected chi connectivity index (χ2v) is 10.3. The largest absolute Gasteiger partial charge is 0.369 e. The van der Waals surface area contributed by atoms with Gasteiger partial charge in [-0.15, -0.1) is 0 Å². The number of rotatable bonds is 6. The first kappa shape index (κ1) is 24.9. The van der Waals surface area contributed by atoms with Crippen LogP contribution in [-0.4, -0.2) is 71.6 Å². The van der Waals surface area contributed by atoms with Crippen molar-refractivity contribution in [3.63, 3.8) is 0 Å². The van der Waals surface area contributed by atoms with Crippen LogP contribution in [-0.2, 0) is 13.0 Å². The smallest absolute Gasteiger partial charge is 0.256 e. The predicted octanol–water partition coefficient (Wildman–Crippen LogP) is 4.28. The first-order chi connectivity index (χ1) is 19.0. The topological polar surface area (TPSA) is 84.6 Å². The first-order valence-corrected chi connectivity index (χ1v) is 13.4. The van der Waals surface area contributed by atoms with E-state index in [1.165, 1.54) is 0 Å². The Morgan fingerprint density at radius 3 is 2.46 bits per heavy atom. The lowest BCUT2D eigenvalue weighted by Crippen LogP contribution is -2.44. The summed E-state index contributed by atoms with van der Waals surface area (Å²) in [7, 11) is 2.14. The summed E-state index contributed by atoms with van der Waals surface area (Å²) in [6.07, 6.45) is 0.795. The Bertz CT molecular complexity index is 1470. The predicted molar refractivity (Wildman–Crippen MR) is 153 cm³/mol. The molecular formula is C31H32N6O2. The molecule has 0 saturated carbocycles. The van der Waals surface area contributed by atoms with Gasteiger partial charge >= 0.3 is 0 Å². The Morgan fingerprint density at radius 1 is 0.923 bits per heavy atom. The lowest BCUT2D eigenvalue weighted by atomic mass is 9.95. The molecule has 39 heavy (non-hydrogen) atoms. The number of benzene rings is 3. The number of carbonyl (C=O) groups is 2. The number of anilines is 2. The molecule has 2 N–H and O–H groups in total. The summed E-state index contributed by atoms with van der Waals surface area (Å²) in [4.78, 5) is 32.5. The quantitative estimate of drug-likeness (QED) is 0.397. The van der Waals surface area contributed by atoms with E-state index in [-0.39, 0.29) is 11.8 Å². The standard InChI is InChI=1S/C31H32N6O2/c1-35-15-17-36(18-16-35)26-10-7-23(8-11-26)30(38)32-29-20-28(33-34-29)25-9-12-27-24(19-25)13-14-37(31(27)39)21-22-5-3-2-4-6-22/h2-12,19-20H,13-18,21H2,1H3,(H2,32,33,34,38). The van der Waals surface area contributed by atoms with Crippen LogP contribution in [0, 0.1) is 0 Å². The maximum absolute atomic E-state index is 13.1. The van der Waals surface area contributed by atoms with Gasteiger partial charge in [-0.3, -0.25) is 14.7 Å². The summed E-state index contributed by atoms with van der Waals surface area (Å²) in [6.45, 7) is 5.35. The number of likely N-dealkylation sites (N-methyl/N-ethyl adjacent to an activating group) is 1. The Balaban J connectivity index is 1.10. The average molecular weight is 521 g/mol. The number of nitrogens with one attached hydrogen (secondary N) is 2. The van der Waals surface area contributed by atoms with E-state index >= 15 is 0 Å². The molecule has 2 aliphatic heterocycles. The molecule has 4 aromatic rings. The van der Waals surface area contributed by atoms with Crippen LogP contribution in [0.25, 0.3) is 11.3 Å². The molecule has 6 rings (SSSR count). The van der Waals surface area contributed by atoms with Gasteiger partial charge in [-0.1, -0.05) is 36.4 Å². The molecule has 3 heterocycles. The van der Waals surface area contributed by atoms with Crippen LogP contribution in [0.5, 0.6) is 0 Å². The minimum Gasteiger partial charge on any atom is -0.369 e. The normalized spacial score (nSPS) is 15.8. The highest BCUT2D eigenvalue weighted by molar-refractivity contribution is 6.04. The molecule has 0 radical (unpaired) electrons. The van der Waals surface area contributed by atoms with Gasteiger partial charge < -0.3 is 20.0 Å². The van der Waals surface area contributed by atoms with Gasteiger partial charge in [0, 0.05) is 62.1 Å². The fourth-order valence-corrected chi connectivity index (χ4v) is 5.27.